The van der Waals surface area contributed by atoms with Gasteiger partial charge in [-0.3, -0.25) is 0 Å². The topological polar surface area (TPSA) is 52.6 Å². The number of carbonyl (C=O) groups excluding carboxylic acids is 1. The monoisotopic (exact) mass is 332 g/mol. The fraction of sp³-hybridized carbons (Fsp3) is 0.650. The number of benzene rings is 1. The molecule has 2 amide bonds. The average molecular weight is 332 g/mol. The molecule has 2 rings (SSSR count). The molecule has 134 valence electrons. The second-order valence-corrected chi connectivity index (χ2v) is 6.89. The van der Waals surface area contributed by atoms with E-state index in [1.165, 1.54) is 32.1 Å². The largest absolute Gasteiger partial charge is 0.396 e. The molecule has 1 aromatic carbocycles. The quantitative estimate of drug-likeness (QED) is 0.818. The lowest BCUT2D eigenvalue weighted by Gasteiger charge is -2.31. The Morgan fingerprint density at radius 3 is 2.42 bits per heavy atom. The molecule has 1 atom stereocenters. The van der Waals surface area contributed by atoms with E-state index in [1.54, 1.807) is 0 Å². The van der Waals surface area contributed by atoms with Gasteiger partial charge in [0.15, 0.2) is 0 Å². The summed E-state index contributed by atoms with van der Waals surface area (Å²) < 4.78 is 0. The van der Waals surface area contributed by atoms with Crippen LogP contribution >= 0.6 is 0 Å². The molecule has 24 heavy (non-hydrogen) atoms. The first-order chi connectivity index (χ1) is 11.7. The molecule has 4 nitrogen and oxygen atoms in total. The Kier molecular flexibility index (Phi) is 8.10. The predicted octanol–water partition coefficient (Wildman–Crippen LogP) is 4.25. The van der Waals surface area contributed by atoms with Gasteiger partial charge in [-0.2, -0.15) is 0 Å². The maximum Gasteiger partial charge on any atom is 0.317 e. The molecule has 0 bridgehead atoms. The van der Waals surface area contributed by atoms with Crippen LogP contribution in [0.2, 0.25) is 0 Å². The van der Waals surface area contributed by atoms with Gasteiger partial charge < -0.3 is 15.3 Å². The summed E-state index contributed by atoms with van der Waals surface area (Å²) in [6.45, 7) is 0.150. The summed E-state index contributed by atoms with van der Waals surface area (Å²) >= 11 is 0. The second kappa shape index (κ2) is 10.3. The highest BCUT2D eigenvalue weighted by molar-refractivity contribution is 5.74. The normalized spacial score (nSPS) is 17.6. The van der Waals surface area contributed by atoms with Gasteiger partial charge in [-0.05, 0) is 31.2 Å². The zero-order valence-corrected chi connectivity index (χ0v) is 14.9. The van der Waals surface area contributed by atoms with Crippen LogP contribution in [-0.4, -0.2) is 35.7 Å². The lowest BCUT2D eigenvalue weighted by molar-refractivity contribution is 0.173. The van der Waals surface area contributed by atoms with Crippen molar-refractivity contribution in [3.63, 3.8) is 0 Å². The van der Waals surface area contributed by atoms with E-state index in [9.17, 15) is 4.79 Å². The molecule has 1 saturated carbocycles. The van der Waals surface area contributed by atoms with Gasteiger partial charge >= 0.3 is 6.03 Å². The van der Waals surface area contributed by atoms with Crippen molar-refractivity contribution in [3.05, 3.63) is 35.9 Å². The van der Waals surface area contributed by atoms with Gasteiger partial charge in [0.1, 0.15) is 0 Å². The summed E-state index contributed by atoms with van der Waals surface area (Å²) in [6, 6.07) is 10.4. The smallest absolute Gasteiger partial charge is 0.317 e. The van der Waals surface area contributed by atoms with Crippen LogP contribution in [0.1, 0.15) is 69.4 Å². The average Bonchev–Trinajstić information content (AvgIpc) is 2.58. The van der Waals surface area contributed by atoms with Gasteiger partial charge in [0.05, 0.1) is 6.04 Å². The maximum atomic E-state index is 12.7. The molecular formula is C20H32N2O2. The fourth-order valence-corrected chi connectivity index (χ4v) is 3.54. The summed E-state index contributed by atoms with van der Waals surface area (Å²) in [5, 5.41) is 12.3. The van der Waals surface area contributed by atoms with Crippen molar-refractivity contribution in [1.82, 2.24) is 10.2 Å². The van der Waals surface area contributed by atoms with E-state index in [1.807, 2.05) is 42.3 Å². The third-order valence-corrected chi connectivity index (χ3v) is 5.09. The molecule has 1 aliphatic rings. The molecule has 0 radical (unpaired) electrons. The Bertz CT molecular complexity index is 470. The first kappa shape index (κ1) is 18.8. The molecule has 0 heterocycles. The van der Waals surface area contributed by atoms with Crippen LogP contribution in [0.25, 0.3) is 0 Å². The molecule has 4 heteroatoms. The van der Waals surface area contributed by atoms with E-state index < -0.39 is 0 Å². The van der Waals surface area contributed by atoms with Crippen molar-refractivity contribution in [2.75, 3.05) is 13.7 Å². The standard InChI is InChI=1S/C20H32N2O2/c1-22(18-13-8-3-2-4-9-14-18)20(24)21-19(15-10-16-23)17-11-6-5-7-12-17/h5-7,11-12,18-19,23H,2-4,8-10,13-16H2,1H3,(H,21,24). The minimum Gasteiger partial charge on any atom is -0.396 e. The molecule has 1 fully saturated rings. The van der Waals surface area contributed by atoms with Crippen molar-refractivity contribution in [2.45, 2.75) is 69.9 Å². The molecule has 0 aromatic heterocycles. The van der Waals surface area contributed by atoms with E-state index in [2.05, 4.69) is 5.32 Å². The zero-order valence-electron chi connectivity index (χ0n) is 14.9. The minimum atomic E-state index is -0.0399. The number of amides is 2. The number of hydrogen-bond donors (Lipinski definition) is 2. The SMILES string of the molecule is CN(C(=O)NC(CCCO)c1ccccc1)C1CCCCCCC1. The van der Waals surface area contributed by atoms with Gasteiger partial charge in [-0.1, -0.05) is 62.4 Å². The molecular weight excluding hydrogens is 300 g/mol. The van der Waals surface area contributed by atoms with Crippen LogP contribution in [-0.2, 0) is 0 Å². The summed E-state index contributed by atoms with van der Waals surface area (Å²) in [4.78, 5) is 14.6. The first-order valence-corrected chi connectivity index (χ1v) is 9.41. The Morgan fingerprint density at radius 2 is 1.79 bits per heavy atom. The van der Waals surface area contributed by atoms with E-state index in [0.29, 0.717) is 12.5 Å². The highest BCUT2D eigenvalue weighted by Gasteiger charge is 2.23. The van der Waals surface area contributed by atoms with Crippen molar-refractivity contribution >= 4 is 6.03 Å². The van der Waals surface area contributed by atoms with Crippen LogP contribution in [0.5, 0.6) is 0 Å². The van der Waals surface area contributed by atoms with Crippen LogP contribution < -0.4 is 5.32 Å². The third kappa shape index (κ3) is 5.82. The summed E-state index contributed by atoms with van der Waals surface area (Å²) in [6.07, 6.45) is 10.00. The van der Waals surface area contributed by atoms with Gasteiger partial charge in [0, 0.05) is 19.7 Å². The highest BCUT2D eigenvalue weighted by atomic mass is 16.3. The molecule has 1 unspecified atom stereocenters. The van der Waals surface area contributed by atoms with E-state index in [-0.39, 0.29) is 18.7 Å². The molecule has 0 saturated heterocycles. The number of nitrogens with zero attached hydrogens (tertiary/aromatic N) is 1. The number of aliphatic hydroxyl groups is 1. The second-order valence-electron chi connectivity index (χ2n) is 6.89. The van der Waals surface area contributed by atoms with Gasteiger partial charge in [-0.15, -0.1) is 0 Å². The van der Waals surface area contributed by atoms with Crippen LogP contribution in [0.3, 0.4) is 0 Å². The Labute approximate surface area is 146 Å². The summed E-state index contributed by atoms with van der Waals surface area (Å²) in [7, 11) is 1.93. The van der Waals surface area contributed by atoms with E-state index in [4.69, 9.17) is 5.11 Å². The van der Waals surface area contributed by atoms with E-state index in [0.717, 1.165) is 24.8 Å². The van der Waals surface area contributed by atoms with Crippen molar-refractivity contribution in [1.29, 1.82) is 0 Å². The fourth-order valence-electron chi connectivity index (χ4n) is 3.54. The van der Waals surface area contributed by atoms with Crippen LogP contribution in [0.4, 0.5) is 4.79 Å². The number of rotatable bonds is 6. The lowest BCUT2D eigenvalue weighted by atomic mass is 9.96. The van der Waals surface area contributed by atoms with Crippen molar-refractivity contribution < 1.29 is 9.90 Å². The van der Waals surface area contributed by atoms with Crippen molar-refractivity contribution in [3.8, 4) is 0 Å². The van der Waals surface area contributed by atoms with Crippen LogP contribution in [0, 0.1) is 0 Å². The summed E-state index contributed by atoms with van der Waals surface area (Å²) in [5.74, 6) is 0. The number of hydrogen-bond acceptors (Lipinski definition) is 2. The number of aliphatic hydroxyl groups excluding tert-OH is 1. The van der Waals surface area contributed by atoms with Gasteiger partial charge in [0.25, 0.3) is 0 Å². The van der Waals surface area contributed by atoms with E-state index >= 15 is 0 Å². The molecule has 0 aliphatic heterocycles. The molecule has 1 aromatic rings. The summed E-state index contributed by atoms with van der Waals surface area (Å²) in [5.41, 5.74) is 1.10. The number of carbonyl (C=O) groups is 1. The highest BCUT2D eigenvalue weighted by Crippen LogP contribution is 2.22. The first-order valence-electron chi connectivity index (χ1n) is 9.41. The Morgan fingerprint density at radius 1 is 1.17 bits per heavy atom. The molecule has 1 aliphatic carbocycles. The van der Waals surface area contributed by atoms with Crippen LogP contribution in [0.15, 0.2) is 30.3 Å². The molecule has 2 N–H and O–H groups in total. The lowest BCUT2D eigenvalue weighted by Crippen LogP contribution is -2.45. The zero-order chi connectivity index (χ0) is 17.2. The number of urea groups is 1. The Balaban J connectivity index is 1.97. The molecule has 0 spiro atoms. The minimum absolute atomic E-state index is 0.00682. The van der Waals surface area contributed by atoms with Gasteiger partial charge in [-0.25, -0.2) is 4.79 Å². The predicted molar refractivity (Wildman–Crippen MR) is 97.9 cm³/mol. The third-order valence-electron chi connectivity index (χ3n) is 5.09. The van der Waals surface area contributed by atoms with Gasteiger partial charge in [0.2, 0.25) is 0 Å². The Hall–Kier alpha value is -1.55. The number of nitrogens with one attached hydrogen (secondary N) is 1. The maximum absolute atomic E-state index is 12.7. The van der Waals surface area contributed by atoms with Crippen molar-refractivity contribution in [2.24, 2.45) is 0 Å².